The molecular formula is C14H18LiSi. The molecule has 0 spiro atoms. The molecule has 1 aliphatic carbocycles. The summed E-state index contributed by atoms with van der Waals surface area (Å²) in [6.45, 7) is 4.88. The van der Waals surface area contributed by atoms with Crippen LogP contribution in [0.5, 0.6) is 0 Å². The fourth-order valence-corrected chi connectivity index (χ4v) is 4.59. The van der Waals surface area contributed by atoms with Gasteiger partial charge in [0.05, 0.1) is 8.07 Å². The first-order valence-electron chi connectivity index (χ1n) is 5.45. The summed E-state index contributed by atoms with van der Waals surface area (Å²) in [6, 6.07) is 12.2. The first kappa shape index (κ1) is 13.6. The first-order valence-corrected chi connectivity index (χ1v) is 8.65. The van der Waals surface area contributed by atoms with Crippen LogP contribution in [0.4, 0.5) is 0 Å². The van der Waals surface area contributed by atoms with E-state index >= 15 is 0 Å². The van der Waals surface area contributed by atoms with Crippen molar-refractivity contribution in [2.45, 2.75) is 19.1 Å². The number of rotatable bonds is 3. The predicted octanol–water partition coefficient (Wildman–Crippen LogP) is 2.65. The fourth-order valence-electron chi connectivity index (χ4n) is 2.03. The van der Waals surface area contributed by atoms with E-state index in [0.717, 1.165) is 0 Å². The second-order valence-corrected chi connectivity index (χ2v) is 9.42. The Bertz CT molecular complexity index is 367. The van der Waals surface area contributed by atoms with Gasteiger partial charge in [0, 0.05) is 5.92 Å². The summed E-state index contributed by atoms with van der Waals surface area (Å²) < 4.78 is 0. The molecule has 0 nitrogen and oxygen atoms in total. The van der Waals surface area contributed by atoms with Gasteiger partial charge in [0.25, 0.3) is 0 Å². The van der Waals surface area contributed by atoms with Gasteiger partial charge in [-0.25, -0.2) is 0 Å². The van der Waals surface area contributed by atoms with Gasteiger partial charge >= 0.3 is 18.9 Å². The Kier molecular flexibility index (Phi) is 4.86. The van der Waals surface area contributed by atoms with Crippen LogP contribution in [0.15, 0.2) is 54.6 Å². The molecule has 0 bridgehead atoms. The van der Waals surface area contributed by atoms with Crippen molar-refractivity contribution in [1.29, 1.82) is 0 Å². The summed E-state index contributed by atoms with van der Waals surface area (Å²) >= 11 is 0. The van der Waals surface area contributed by atoms with Crippen LogP contribution in [0.1, 0.15) is 0 Å². The van der Waals surface area contributed by atoms with Gasteiger partial charge in [-0.2, -0.15) is 0 Å². The zero-order valence-corrected chi connectivity index (χ0v) is 10.4. The third-order valence-corrected chi connectivity index (χ3v) is 6.12. The van der Waals surface area contributed by atoms with Gasteiger partial charge in [0.15, 0.2) is 0 Å². The Labute approximate surface area is 112 Å². The summed E-state index contributed by atoms with van der Waals surface area (Å²) in [7, 11) is -1.28. The molecule has 16 heavy (non-hydrogen) atoms. The second kappa shape index (κ2) is 5.73. The fraction of sp³-hybridized carbons (Fsp3) is 0.214. The first-order chi connectivity index (χ1) is 7.18. The van der Waals surface area contributed by atoms with E-state index in [0.29, 0.717) is 0 Å². The number of allylic oxidation sites excluding steroid dienone is 4. The molecule has 0 amide bonds. The summed E-state index contributed by atoms with van der Waals surface area (Å²) in [5, 5.41) is 1.55. The second-order valence-electron chi connectivity index (χ2n) is 4.72. The average Bonchev–Trinajstić information content (AvgIpc) is 2.71. The van der Waals surface area contributed by atoms with Gasteiger partial charge < -0.3 is 0 Å². The maximum atomic E-state index is 2.44. The van der Waals surface area contributed by atoms with Gasteiger partial charge in [-0.15, -0.1) is 0 Å². The van der Waals surface area contributed by atoms with Gasteiger partial charge in [-0.1, -0.05) is 72.9 Å². The molecule has 2 heteroatoms. The van der Waals surface area contributed by atoms with Crippen LogP contribution < -0.4 is 5.19 Å². The van der Waals surface area contributed by atoms with Crippen LogP contribution in [0.2, 0.25) is 19.1 Å². The van der Waals surface area contributed by atoms with E-state index in [2.05, 4.69) is 67.7 Å². The zero-order valence-electron chi connectivity index (χ0n) is 9.40. The zero-order chi connectivity index (χ0) is 10.7. The summed E-state index contributed by atoms with van der Waals surface area (Å²) in [5.74, 6) is 1.48. The van der Waals surface area contributed by atoms with Crippen molar-refractivity contribution in [3.05, 3.63) is 60.6 Å². The normalized spacial score (nSPS) is 15.1. The molecule has 0 atom stereocenters. The molecule has 0 aromatic heterocycles. The van der Waals surface area contributed by atoms with Crippen molar-refractivity contribution in [3.8, 4) is 0 Å². The van der Waals surface area contributed by atoms with E-state index < -0.39 is 8.07 Å². The van der Waals surface area contributed by atoms with Gasteiger partial charge in [-0.05, 0) is 6.04 Å². The van der Waals surface area contributed by atoms with E-state index in [4.69, 9.17) is 0 Å². The molecule has 1 aliphatic rings. The molecule has 0 N–H and O–H groups in total. The molecule has 0 fully saturated rings. The van der Waals surface area contributed by atoms with Crippen molar-refractivity contribution in [2.24, 2.45) is 0 Å². The Hall–Kier alpha value is -0.486. The molecule has 79 valence electrons. The third kappa shape index (κ3) is 3.25. The van der Waals surface area contributed by atoms with Crippen molar-refractivity contribution < 1.29 is 0 Å². The van der Waals surface area contributed by atoms with Crippen molar-refractivity contribution in [2.75, 3.05) is 0 Å². The molecule has 0 aliphatic heterocycles. The number of hydrogen-bond donors (Lipinski definition) is 0. The van der Waals surface area contributed by atoms with Crippen molar-refractivity contribution >= 4 is 32.1 Å². The topological polar surface area (TPSA) is 0 Å². The standard InChI is InChI=1S/C14H17Si.Li.H/c1-15(2,12-13-8-6-7-9-13)14-10-4-3-5-11-14;;/h3-11H,12H2,1-2H3;;. The van der Waals surface area contributed by atoms with E-state index in [9.17, 15) is 0 Å². The van der Waals surface area contributed by atoms with Crippen LogP contribution in [0.25, 0.3) is 0 Å². The molecule has 2 rings (SSSR count). The number of hydrogen-bond acceptors (Lipinski definition) is 0. The quantitative estimate of drug-likeness (QED) is 0.688. The van der Waals surface area contributed by atoms with Gasteiger partial charge in [0.1, 0.15) is 0 Å². The molecule has 1 aromatic rings. The van der Waals surface area contributed by atoms with Crippen molar-refractivity contribution in [1.82, 2.24) is 0 Å². The molecule has 0 saturated heterocycles. The van der Waals surface area contributed by atoms with Crippen LogP contribution >= 0.6 is 0 Å². The Balaban J connectivity index is 0.00000128. The van der Waals surface area contributed by atoms with Gasteiger partial charge in [-0.3, -0.25) is 0 Å². The molecular weight excluding hydrogens is 203 g/mol. The SMILES string of the molecule is C[Si](C)(C[C]1C=CC=C1)c1ccccc1.[LiH]. The minimum absolute atomic E-state index is 0. The summed E-state index contributed by atoms with van der Waals surface area (Å²) in [6.07, 6.45) is 8.73. The third-order valence-electron chi connectivity index (χ3n) is 2.93. The van der Waals surface area contributed by atoms with E-state index in [1.807, 2.05) is 0 Å². The number of benzene rings is 1. The Morgan fingerprint density at radius 3 is 2.06 bits per heavy atom. The Morgan fingerprint density at radius 2 is 1.50 bits per heavy atom. The van der Waals surface area contributed by atoms with Crippen LogP contribution in [-0.4, -0.2) is 26.9 Å². The minimum atomic E-state index is -1.28. The van der Waals surface area contributed by atoms with E-state index in [1.165, 1.54) is 12.0 Å². The average molecular weight is 221 g/mol. The van der Waals surface area contributed by atoms with Gasteiger partial charge in [0.2, 0.25) is 0 Å². The van der Waals surface area contributed by atoms with Crippen LogP contribution in [0, 0.1) is 5.92 Å². The van der Waals surface area contributed by atoms with Crippen LogP contribution in [0.3, 0.4) is 0 Å². The Morgan fingerprint density at radius 1 is 0.938 bits per heavy atom. The molecule has 0 unspecified atom stereocenters. The monoisotopic (exact) mass is 221 g/mol. The molecule has 1 radical (unpaired) electrons. The van der Waals surface area contributed by atoms with Crippen molar-refractivity contribution in [3.63, 3.8) is 0 Å². The summed E-state index contributed by atoms with van der Waals surface area (Å²) in [5.41, 5.74) is 0. The molecule has 1 aromatic carbocycles. The van der Waals surface area contributed by atoms with E-state index in [1.54, 1.807) is 5.19 Å². The molecule has 0 heterocycles. The molecule has 0 saturated carbocycles. The van der Waals surface area contributed by atoms with E-state index in [-0.39, 0.29) is 18.9 Å². The summed E-state index contributed by atoms with van der Waals surface area (Å²) in [4.78, 5) is 0. The maximum absolute atomic E-state index is 2.44. The van der Waals surface area contributed by atoms with Crippen LogP contribution in [-0.2, 0) is 0 Å². The predicted molar refractivity (Wildman–Crippen MR) is 77.0 cm³/mol.